The Morgan fingerprint density at radius 1 is 1.09 bits per heavy atom. The van der Waals surface area contributed by atoms with E-state index in [2.05, 4.69) is 5.32 Å². The minimum Gasteiger partial charge on any atom is -0.497 e. The molecule has 0 aliphatic carbocycles. The van der Waals surface area contributed by atoms with E-state index in [1.165, 1.54) is 6.08 Å². The van der Waals surface area contributed by atoms with Gasteiger partial charge in [-0.25, -0.2) is 0 Å². The van der Waals surface area contributed by atoms with Gasteiger partial charge in [0.1, 0.15) is 11.5 Å². The molecule has 2 rings (SSSR count). The number of nitrogens with one attached hydrogen (secondary N) is 1. The summed E-state index contributed by atoms with van der Waals surface area (Å²) in [5.41, 5.74) is 1.37. The fraction of sp³-hybridized carbons (Fsp3) is 0.118. The Kier molecular flexibility index (Phi) is 5.44. The Morgan fingerprint density at radius 3 is 2.32 bits per heavy atom. The van der Waals surface area contributed by atoms with Crippen LogP contribution in [0.15, 0.2) is 48.5 Å². The smallest absolute Gasteiger partial charge is 0.248 e. The zero-order valence-electron chi connectivity index (χ0n) is 12.3. The van der Waals surface area contributed by atoms with Crippen LogP contribution in [-0.4, -0.2) is 20.1 Å². The summed E-state index contributed by atoms with van der Waals surface area (Å²) in [7, 11) is 3.11. The number of carbonyl (C=O) groups excluding carboxylic acids is 1. The summed E-state index contributed by atoms with van der Waals surface area (Å²) < 4.78 is 10.3. The van der Waals surface area contributed by atoms with E-state index >= 15 is 0 Å². The van der Waals surface area contributed by atoms with Crippen molar-refractivity contribution in [2.24, 2.45) is 0 Å². The standard InChI is InChI=1S/C17H16ClNO3/c1-21-14-9-13(10-15(11-14)22-2)19-17(20)8-7-12-5-3-4-6-16(12)18/h3-11H,1-2H3,(H,19,20)/b8-7+. The SMILES string of the molecule is COc1cc(NC(=O)/C=C/c2ccccc2Cl)cc(OC)c1. The van der Waals surface area contributed by atoms with Gasteiger partial charge in [0.15, 0.2) is 0 Å². The number of halogens is 1. The average molecular weight is 318 g/mol. The maximum atomic E-state index is 12.0. The second-order valence-electron chi connectivity index (χ2n) is 4.45. The molecule has 2 aromatic rings. The van der Waals surface area contributed by atoms with Gasteiger partial charge >= 0.3 is 0 Å². The molecule has 0 aliphatic heterocycles. The largest absolute Gasteiger partial charge is 0.497 e. The second kappa shape index (κ2) is 7.52. The van der Waals surface area contributed by atoms with Crippen molar-refractivity contribution in [3.8, 4) is 11.5 Å². The fourth-order valence-corrected chi connectivity index (χ4v) is 2.04. The quantitative estimate of drug-likeness (QED) is 0.848. The van der Waals surface area contributed by atoms with E-state index in [1.54, 1.807) is 44.6 Å². The monoisotopic (exact) mass is 317 g/mol. The molecule has 0 aliphatic rings. The maximum absolute atomic E-state index is 12.0. The maximum Gasteiger partial charge on any atom is 0.248 e. The number of anilines is 1. The van der Waals surface area contributed by atoms with Crippen LogP contribution < -0.4 is 14.8 Å². The van der Waals surface area contributed by atoms with Crippen molar-refractivity contribution in [1.29, 1.82) is 0 Å². The van der Waals surface area contributed by atoms with Crippen molar-refractivity contribution in [2.75, 3.05) is 19.5 Å². The topological polar surface area (TPSA) is 47.6 Å². The van der Waals surface area contributed by atoms with E-state index in [4.69, 9.17) is 21.1 Å². The first kappa shape index (κ1) is 15.9. The molecule has 114 valence electrons. The molecule has 0 saturated carbocycles. The molecule has 2 aromatic carbocycles. The summed E-state index contributed by atoms with van der Waals surface area (Å²) in [6.07, 6.45) is 3.09. The summed E-state index contributed by atoms with van der Waals surface area (Å²) in [5, 5.41) is 3.34. The van der Waals surface area contributed by atoms with E-state index in [1.807, 2.05) is 18.2 Å². The zero-order chi connectivity index (χ0) is 15.9. The minimum atomic E-state index is -0.268. The third kappa shape index (κ3) is 4.27. The van der Waals surface area contributed by atoms with E-state index in [0.29, 0.717) is 22.2 Å². The van der Waals surface area contributed by atoms with Crippen molar-refractivity contribution < 1.29 is 14.3 Å². The minimum absolute atomic E-state index is 0.268. The highest BCUT2D eigenvalue weighted by Gasteiger charge is 2.04. The van der Waals surface area contributed by atoms with Crippen molar-refractivity contribution in [1.82, 2.24) is 0 Å². The predicted molar refractivity (Wildman–Crippen MR) is 88.7 cm³/mol. The lowest BCUT2D eigenvalue weighted by Crippen LogP contribution is -2.08. The molecule has 0 atom stereocenters. The van der Waals surface area contributed by atoms with Crippen LogP contribution in [0.4, 0.5) is 5.69 Å². The normalized spacial score (nSPS) is 10.5. The van der Waals surface area contributed by atoms with Crippen LogP contribution in [0.2, 0.25) is 5.02 Å². The van der Waals surface area contributed by atoms with Crippen molar-refractivity contribution in [3.05, 3.63) is 59.1 Å². The van der Waals surface area contributed by atoms with Gasteiger partial charge in [0.25, 0.3) is 0 Å². The van der Waals surface area contributed by atoms with E-state index in [0.717, 1.165) is 5.56 Å². The molecule has 0 saturated heterocycles. The second-order valence-corrected chi connectivity index (χ2v) is 4.85. The first-order valence-corrected chi connectivity index (χ1v) is 6.97. The molecule has 1 amide bonds. The third-order valence-corrected chi connectivity index (χ3v) is 3.28. The predicted octanol–water partition coefficient (Wildman–Crippen LogP) is 4.01. The number of benzene rings is 2. The van der Waals surface area contributed by atoms with E-state index in [-0.39, 0.29) is 5.91 Å². The van der Waals surface area contributed by atoms with Gasteiger partial charge in [-0.3, -0.25) is 4.79 Å². The molecule has 0 heterocycles. The van der Waals surface area contributed by atoms with Crippen molar-refractivity contribution >= 4 is 29.3 Å². The number of hydrogen-bond donors (Lipinski definition) is 1. The summed E-state index contributed by atoms with van der Waals surface area (Å²) >= 11 is 6.03. The number of rotatable bonds is 5. The number of hydrogen-bond acceptors (Lipinski definition) is 3. The van der Waals surface area contributed by atoms with Crippen LogP contribution in [-0.2, 0) is 4.79 Å². The molecule has 0 unspecified atom stereocenters. The number of carbonyl (C=O) groups is 1. The van der Waals surface area contributed by atoms with Crippen LogP contribution >= 0.6 is 11.6 Å². The van der Waals surface area contributed by atoms with E-state index < -0.39 is 0 Å². The number of amides is 1. The lowest BCUT2D eigenvalue weighted by atomic mass is 10.2. The Labute approximate surface area is 134 Å². The average Bonchev–Trinajstić information content (AvgIpc) is 2.53. The highest BCUT2D eigenvalue weighted by molar-refractivity contribution is 6.32. The highest BCUT2D eigenvalue weighted by atomic mass is 35.5. The van der Waals surface area contributed by atoms with Crippen LogP contribution in [0.25, 0.3) is 6.08 Å². The summed E-state index contributed by atoms with van der Waals surface area (Å²) in [6.45, 7) is 0. The summed E-state index contributed by atoms with van der Waals surface area (Å²) in [6, 6.07) is 12.5. The van der Waals surface area contributed by atoms with Gasteiger partial charge in [-0.1, -0.05) is 29.8 Å². The molecule has 4 nitrogen and oxygen atoms in total. The highest BCUT2D eigenvalue weighted by Crippen LogP contribution is 2.25. The van der Waals surface area contributed by atoms with Gasteiger partial charge in [0.2, 0.25) is 5.91 Å². The van der Waals surface area contributed by atoms with Gasteiger partial charge in [-0.05, 0) is 17.7 Å². The molecule has 0 spiro atoms. The molecular formula is C17H16ClNO3. The Morgan fingerprint density at radius 2 is 1.73 bits per heavy atom. The fourth-order valence-electron chi connectivity index (χ4n) is 1.84. The molecule has 0 bridgehead atoms. The molecule has 5 heteroatoms. The van der Waals surface area contributed by atoms with Gasteiger partial charge in [0, 0.05) is 35.0 Å². The van der Waals surface area contributed by atoms with Gasteiger partial charge in [-0.2, -0.15) is 0 Å². The van der Waals surface area contributed by atoms with Crippen LogP contribution in [0.1, 0.15) is 5.56 Å². The van der Waals surface area contributed by atoms with E-state index in [9.17, 15) is 4.79 Å². The Balaban J connectivity index is 2.10. The van der Waals surface area contributed by atoms with Crippen molar-refractivity contribution in [3.63, 3.8) is 0 Å². The summed E-state index contributed by atoms with van der Waals surface area (Å²) in [5.74, 6) is 0.935. The molecule has 1 N–H and O–H groups in total. The van der Waals surface area contributed by atoms with Crippen molar-refractivity contribution in [2.45, 2.75) is 0 Å². The van der Waals surface area contributed by atoms with Crippen LogP contribution in [0.3, 0.4) is 0 Å². The Hall–Kier alpha value is -2.46. The first-order chi connectivity index (χ1) is 10.6. The lowest BCUT2D eigenvalue weighted by molar-refractivity contribution is -0.111. The van der Waals surface area contributed by atoms with Crippen LogP contribution in [0.5, 0.6) is 11.5 Å². The van der Waals surface area contributed by atoms with Gasteiger partial charge < -0.3 is 14.8 Å². The third-order valence-electron chi connectivity index (χ3n) is 2.94. The zero-order valence-corrected chi connectivity index (χ0v) is 13.1. The molecule has 0 radical (unpaired) electrons. The number of ether oxygens (including phenoxy) is 2. The molecule has 0 aromatic heterocycles. The Bertz CT molecular complexity index is 676. The van der Waals surface area contributed by atoms with Crippen LogP contribution in [0, 0.1) is 0 Å². The van der Waals surface area contributed by atoms with Gasteiger partial charge in [0.05, 0.1) is 14.2 Å². The first-order valence-electron chi connectivity index (χ1n) is 6.59. The number of methoxy groups -OCH3 is 2. The molecule has 0 fully saturated rings. The molecular weight excluding hydrogens is 302 g/mol. The lowest BCUT2D eigenvalue weighted by Gasteiger charge is -2.08. The molecule has 22 heavy (non-hydrogen) atoms. The summed E-state index contributed by atoms with van der Waals surface area (Å²) in [4.78, 5) is 12.0. The van der Waals surface area contributed by atoms with Gasteiger partial charge in [-0.15, -0.1) is 0 Å².